The normalized spacial score (nSPS) is 34.0. The third-order valence-electron chi connectivity index (χ3n) is 4.35. The molecule has 0 spiro atoms. The summed E-state index contributed by atoms with van der Waals surface area (Å²) in [5.41, 5.74) is -2.96. The molecule has 0 aromatic carbocycles. The Hall–Kier alpha value is -1.57. The average molecular weight is 285 g/mol. The summed E-state index contributed by atoms with van der Waals surface area (Å²) in [6.45, 7) is 2.89. The van der Waals surface area contributed by atoms with Crippen molar-refractivity contribution in [2.45, 2.75) is 50.1 Å². The summed E-state index contributed by atoms with van der Waals surface area (Å²) in [6, 6.07) is 0. The molecule has 1 saturated carbocycles. The van der Waals surface area contributed by atoms with Crippen LogP contribution in [0.2, 0.25) is 0 Å². The van der Waals surface area contributed by atoms with Crippen LogP contribution in [0, 0.1) is 20.2 Å². The second-order valence-corrected chi connectivity index (χ2v) is 6.10. The van der Waals surface area contributed by atoms with E-state index in [2.05, 4.69) is 0 Å². The molecule has 8 nitrogen and oxygen atoms in total. The number of piperidine rings is 1. The van der Waals surface area contributed by atoms with Gasteiger partial charge in [0.1, 0.15) is 5.78 Å². The van der Waals surface area contributed by atoms with Gasteiger partial charge in [0.05, 0.1) is 32.4 Å². The van der Waals surface area contributed by atoms with Gasteiger partial charge in [-0.3, -0.25) is 29.9 Å². The van der Waals surface area contributed by atoms with Gasteiger partial charge in [-0.1, -0.05) is 13.3 Å². The largest absolute Gasteiger partial charge is 0.299 e. The van der Waals surface area contributed by atoms with E-state index in [9.17, 15) is 25.0 Å². The topological polar surface area (TPSA) is 107 Å². The van der Waals surface area contributed by atoms with Crippen molar-refractivity contribution < 1.29 is 14.6 Å². The molecule has 0 aromatic rings. The lowest BCUT2D eigenvalue weighted by molar-refractivity contribution is -0.628. The molecule has 8 heteroatoms. The zero-order valence-corrected chi connectivity index (χ0v) is 11.5. The van der Waals surface area contributed by atoms with E-state index in [1.165, 1.54) is 0 Å². The van der Waals surface area contributed by atoms with Gasteiger partial charge in [-0.25, -0.2) is 0 Å². The van der Waals surface area contributed by atoms with Crippen molar-refractivity contribution in [2.75, 3.05) is 19.6 Å². The number of nitrogens with zero attached hydrogens (tertiary/aromatic N) is 3. The summed E-state index contributed by atoms with van der Waals surface area (Å²) in [7, 11) is 0. The Morgan fingerprint density at radius 2 is 1.65 bits per heavy atom. The first kappa shape index (κ1) is 14.8. The van der Waals surface area contributed by atoms with E-state index in [4.69, 9.17) is 0 Å². The van der Waals surface area contributed by atoms with E-state index in [1.54, 1.807) is 4.90 Å². The molecular formula is C12H19N3O5. The van der Waals surface area contributed by atoms with E-state index >= 15 is 0 Å². The summed E-state index contributed by atoms with van der Waals surface area (Å²) in [4.78, 5) is 35.5. The maximum absolute atomic E-state index is 11.8. The zero-order valence-electron chi connectivity index (χ0n) is 11.5. The van der Waals surface area contributed by atoms with Crippen LogP contribution in [-0.2, 0) is 4.79 Å². The fourth-order valence-electron chi connectivity index (χ4n) is 3.56. The third kappa shape index (κ3) is 2.39. The van der Waals surface area contributed by atoms with Gasteiger partial charge in [0.25, 0.3) is 0 Å². The number of hydrogen-bond acceptors (Lipinski definition) is 6. The number of unbranched alkanes of at least 4 members (excludes halogenated alkanes) is 1. The molecule has 2 atom stereocenters. The smallest absolute Gasteiger partial charge is 0.248 e. The number of rotatable bonds is 5. The van der Waals surface area contributed by atoms with Crippen LogP contribution in [0.5, 0.6) is 0 Å². The highest BCUT2D eigenvalue weighted by atomic mass is 16.6. The van der Waals surface area contributed by atoms with E-state index in [0.29, 0.717) is 6.54 Å². The average Bonchev–Trinajstić information content (AvgIpc) is 2.34. The summed E-state index contributed by atoms with van der Waals surface area (Å²) < 4.78 is 0. The van der Waals surface area contributed by atoms with Gasteiger partial charge in [-0.05, 0) is 13.0 Å². The first-order valence-corrected chi connectivity index (χ1v) is 6.87. The monoisotopic (exact) mass is 285 g/mol. The van der Waals surface area contributed by atoms with Crippen molar-refractivity contribution in [3.05, 3.63) is 20.2 Å². The molecule has 0 radical (unpaired) electrons. The van der Waals surface area contributed by atoms with E-state index < -0.39 is 20.9 Å². The Kier molecular flexibility index (Phi) is 3.77. The molecule has 1 saturated heterocycles. The molecule has 0 aromatic heterocycles. The molecule has 112 valence electrons. The molecule has 1 aliphatic heterocycles. The fraction of sp³-hybridized carbons (Fsp3) is 0.917. The van der Waals surface area contributed by atoms with Crippen LogP contribution in [0.3, 0.4) is 0 Å². The Labute approximate surface area is 116 Å². The number of carbonyl (C=O) groups is 1. The standard InChI is InChI=1S/C12H19N3O5/c1-2-3-4-13-8-11(14(17)18)5-10(16)6-12(7-11,9-13)15(19)20/h2-9H2,1H3/t11-,12-/m0/s1. The second kappa shape index (κ2) is 5.08. The minimum atomic E-state index is -1.48. The fourth-order valence-corrected chi connectivity index (χ4v) is 3.56. The molecule has 2 rings (SSSR count). The van der Waals surface area contributed by atoms with Crippen LogP contribution in [-0.4, -0.2) is 51.2 Å². The number of likely N-dealkylation sites (tertiary alicyclic amines) is 1. The van der Waals surface area contributed by atoms with Crippen molar-refractivity contribution in [2.24, 2.45) is 0 Å². The molecule has 1 heterocycles. The maximum atomic E-state index is 11.8. The second-order valence-electron chi connectivity index (χ2n) is 6.10. The predicted molar refractivity (Wildman–Crippen MR) is 69.7 cm³/mol. The van der Waals surface area contributed by atoms with Gasteiger partial charge in [0.15, 0.2) is 0 Å². The lowest BCUT2D eigenvalue weighted by Crippen LogP contribution is -2.69. The zero-order chi connectivity index (χ0) is 15.0. The van der Waals surface area contributed by atoms with Crippen molar-refractivity contribution in [3.63, 3.8) is 0 Å². The molecule has 2 bridgehead atoms. The molecule has 1 aliphatic carbocycles. The van der Waals surface area contributed by atoms with E-state index in [-0.39, 0.29) is 38.1 Å². The highest BCUT2D eigenvalue weighted by molar-refractivity contribution is 5.82. The number of hydrogen-bond donors (Lipinski definition) is 0. The number of carbonyl (C=O) groups excluding carboxylic acids is 1. The van der Waals surface area contributed by atoms with Crippen LogP contribution in [0.1, 0.15) is 39.0 Å². The van der Waals surface area contributed by atoms with Crippen LogP contribution in [0.4, 0.5) is 0 Å². The Balaban J connectivity index is 2.34. The van der Waals surface area contributed by atoms with Crippen LogP contribution < -0.4 is 0 Å². The SMILES string of the molecule is CCCCN1C[C@]2([N+](=O)[O-])CC(=O)C[C@@]([N+](=O)[O-])(C1)C2. The van der Waals surface area contributed by atoms with E-state index in [0.717, 1.165) is 12.8 Å². The van der Waals surface area contributed by atoms with Gasteiger partial charge >= 0.3 is 0 Å². The van der Waals surface area contributed by atoms with Gasteiger partial charge in [-0.15, -0.1) is 0 Å². The van der Waals surface area contributed by atoms with Gasteiger partial charge in [0.2, 0.25) is 11.1 Å². The molecule has 2 aliphatic rings. The summed E-state index contributed by atoms with van der Waals surface area (Å²) in [5, 5.41) is 22.8. The first-order chi connectivity index (χ1) is 9.33. The van der Waals surface area contributed by atoms with Crippen LogP contribution in [0.15, 0.2) is 0 Å². The highest BCUT2D eigenvalue weighted by Crippen LogP contribution is 2.42. The highest BCUT2D eigenvalue weighted by Gasteiger charge is 2.66. The maximum Gasteiger partial charge on any atom is 0.248 e. The minimum absolute atomic E-state index is 0.131. The Morgan fingerprint density at radius 1 is 1.15 bits per heavy atom. The third-order valence-corrected chi connectivity index (χ3v) is 4.35. The van der Waals surface area contributed by atoms with Crippen LogP contribution in [0.25, 0.3) is 0 Å². The quantitative estimate of drug-likeness (QED) is 0.548. The van der Waals surface area contributed by atoms with Gasteiger partial charge in [-0.2, -0.15) is 0 Å². The van der Waals surface area contributed by atoms with Crippen molar-refractivity contribution in [1.82, 2.24) is 4.90 Å². The molecule has 0 unspecified atom stereocenters. The summed E-state index contributed by atoms with van der Waals surface area (Å²) in [6.07, 6.45) is 1.27. The Bertz CT molecular complexity index is 420. The van der Waals surface area contributed by atoms with Gasteiger partial charge in [0, 0.05) is 9.85 Å². The van der Waals surface area contributed by atoms with Crippen LogP contribution >= 0.6 is 0 Å². The lowest BCUT2D eigenvalue weighted by atomic mass is 9.67. The van der Waals surface area contributed by atoms with Crippen molar-refractivity contribution in [3.8, 4) is 0 Å². The number of Topliss-reactive ketones (excluding diaryl/α,β-unsaturated/α-hetero) is 1. The summed E-state index contributed by atoms with van der Waals surface area (Å²) in [5.74, 6) is -0.361. The van der Waals surface area contributed by atoms with Crippen molar-refractivity contribution >= 4 is 5.78 Å². The van der Waals surface area contributed by atoms with Crippen molar-refractivity contribution in [1.29, 1.82) is 0 Å². The minimum Gasteiger partial charge on any atom is -0.299 e. The molecule has 0 amide bonds. The van der Waals surface area contributed by atoms with E-state index in [1.807, 2.05) is 6.92 Å². The van der Waals surface area contributed by atoms with Gasteiger partial charge < -0.3 is 0 Å². The number of nitro groups is 2. The predicted octanol–water partition coefficient (Wildman–Crippen LogP) is 0.886. The molecule has 20 heavy (non-hydrogen) atoms. The number of ketones is 1. The summed E-state index contributed by atoms with van der Waals surface area (Å²) >= 11 is 0. The number of fused-ring (bicyclic) bond motifs is 2. The first-order valence-electron chi connectivity index (χ1n) is 6.87. The molecule has 2 fully saturated rings. The lowest BCUT2D eigenvalue weighted by Gasteiger charge is -2.45. The Morgan fingerprint density at radius 3 is 2.05 bits per heavy atom. The molecule has 0 N–H and O–H groups in total. The molecular weight excluding hydrogens is 266 g/mol.